The van der Waals surface area contributed by atoms with E-state index in [1.165, 1.54) is 12.8 Å². The molecule has 0 aromatic carbocycles. The summed E-state index contributed by atoms with van der Waals surface area (Å²) in [5, 5.41) is 12.3. The minimum absolute atomic E-state index is 0. The van der Waals surface area contributed by atoms with E-state index in [4.69, 9.17) is 5.11 Å². The van der Waals surface area contributed by atoms with E-state index in [2.05, 4.69) is 15.1 Å². The van der Waals surface area contributed by atoms with E-state index in [0.717, 1.165) is 71.6 Å². The van der Waals surface area contributed by atoms with Crippen LogP contribution in [0.15, 0.2) is 0 Å². The quantitative estimate of drug-likeness (QED) is 0.609. The highest BCUT2D eigenvalue weighted by Gasteiger charge is 2.27. The van der Waals surface area contributed by atoms with Gasteiger partial charge in [-0.2, -0.15) is 0 Å². The number of nitrogens with zero attached hydrogens (tertiary/aromatic N) is 3. The largest absolute Gasteiger partial charge is 0.480 e. The molecule has 0 aliphatic carbocycles. The van der Waals surface area contributed by atoms with Crippen molar-refractivity contribution >= 4 is 49.1 Å². The third-order valence-corrected chi connectivity index (χ3v) is 6.32. The third kappa shape index (κ3) is 9.15. The van der Waals surface area contributed by atoms with Gasteiger partial charge in [0.1, 0.15) is 0 Å². The van der Waals surface area contributed by atoms with Crippen LogP contribution in [0.4, 0.5) is 0 Å². The molecule has 172 valence electrons. The maximum atomic E-state index is 12.5. The number of likely N-dealkylation sites (tertiary alicyclic amines) is 1. The third-order valence-electron chi connectivity index (χ3n) is 6.32. The second-order valence-electron chi connectivity index (χ2n) is 8.05. The lowest BCUT2D eigenvalue weighted by atomic mass is 9.92. The fourth-order valence-electron chi connectivity index (χ4n) is 4.62. The molecule has 3 heterocycles. The molecule has 3 rings (SSSR count). The van der Waals surface area contributed by atoms with Crippen molar-refractivity contribution < 1.29 is 14.7 Å². The fourth-order valence-corrected chi connectivity index (χ4v) is 4.62. The van der Waals surface area contributed by atoms with Gasteiger partial charge in [0.2, 0.25) is 5.91 Å². The molecule has 29 heavy (non-hydrogen) atoms. The first kappa shape index (κ1) is 28.7. The maximum Gasteiger partial charge on any atom is 0.317 e. The zero-order valence-electron chi connectivity index (χ0n) is 17.1. The lowest BCUT2D eigenvalue weighted by molar-refractivity contribution is -0.138. The van der Waals surface area contributed by atoms with Gasteiger partial charge in [0.05, 0.1) is 6.54 Å². The molecule has 1 amide bonds. The number of hydrogen-bond donors (Lipinski definition) is 2. The topological polar surface area (TPSA) is 76.1 Å². The molecule has 7 nitrogen and oxygen atoms in total. The van der Waals surface area contributed by atoms with E-state index < -0.39 is 5.97 Å². The number of hydrogen-bond acceptors (Lipinski definition) is 5. The Morgan fingerprint density at radius 3 is 2.00 bits per heavy atom. The lowest BCUT2D eigenvalue weighted by Crippen LogP contribution is -2.54. The van der Waals surface area contributed by atoms with Crippen LogP contribution >= 0.6 is 37.2 Å². The van der Waals surface area contributed by atoms with Crippen LogP contribution in [-0.4, -0.2) is 96.6 Å². The van der Waals surface area contributed by atoms with Crippen LogP contribution in [-0.2, 0) is 9.59 Å². The second kappa shape index (κ2) is 14.7. The summed E-state index contributed by atoms with van der Waals surface area (Å²) in [5.41, 5.74) is 0. The molecule has 0 unspecified atom stereocenters. The minimum Gasteiger partial charge on any atom is -0.480 e. The number of piperidine rings is 2. The van der Waals surface area contributed by atoms with Gasteiger partial charge in [-0.05, 0) is 64.2 Å². The second-order valence-corrected chi connectivity index (χ2v) is 8.05. The van der Waals surface area contributed by atoms with Crippen molar-refractivity contribution in [1.29, 1.82) is 0 Å². The van der Waals surface area contributed by atoms with Crippen LogP contribution in [0.2, 0.25) is 0 Å². The molecule has 3 fully saturated rings. The van der Waals surface area contributed by atoms with Crippen molar-refractivity contribution in [3.05, 3.63) is 0 Å². The number of amides is 1. The van der Waals surface area contributed by atoms with Crippen molar-refractivity contribution in [2.24, 2.45) is 5.92 Å². The summed E-state index contributed by atoms with van der Waals surface area (Å²) in [5.74, 6) is 0.130. The van der Waals surface area contributed by atoms with E-state index >= 15 is 0 Å². The highest BCUT2D eigenvalue weighted by atomic mass is 35.5. The van der Waals surface area contributed by atoms with Crippen LogP contribution in [0.25, 0.3) is 0 Å². The number of piperazine rings is 1. The van der Waals surface area contributed by atoms with Gasteiger partial charge < -0.3 is 15.3 Å². The number of carbonyl (C=O) groups is 2. The highest BCUT2D eigenvalue weighted by molar-refractivity contribution is 5.86. The van der Waals surface area contributed by atoms with E-state index in [1.807, 2.05) is 4.90 Å². The van der Waals surface area contributed by atoms with Gasteiger partial charge in [0.15, 0.2) is 0 Å². The molecule has 0 spiro atoms. The summed E-state index contributed by atoms with van der Waals surface area (Å²) in [4.78, 5) is 29.9. The summed E-state index contributed by atoms with van der Waals surface area (Å²) < 4.78 is 0. The first-order valence-electron chi connectivity index (χ1n) is 10.3. The summed E-state index contributed by atoms with van der Waals surface area (Å²) in [6, 6.07) is 0.699. The monoisotopic (exact) mass is 474 g/mol. The van der Waals surface area contributed by atoms with Gasteiger partial charge in [0.25, 0.3) is 0 Å². The normalized spacial score (nSPS) is 22.1. The molecule has 2 N–H and O–H groups in total. The molecule has 3 aliphatic rings. The van der Waals surface area contributed by atoms with Crippen LogP contribution in [0.3, 0.4) is 0 Å². The fraction of sp³-hybridized carbons (Fsp3) is 0.895. The van der Waals surface area contributed by atoms with Gasteiger partial charge in [-0.15, -0.1) is 37.2 Å². The van der Waals surface area contributed by atoms with Crippen molar-refractivity contribution in [1.82, 2.24) is 20.0 Å². The standard InChI is InChI=1S/C19H34N4O3.3ClH/c24-18(2-1-16-5-9-21(10-6-16)15-19(25)26)23-13-11-22(12-14-23)17-3-7-20-8-4-17;;;/h16-17,20H,1-15H2,(H,25,26);3*1H. The number of rotatable bonds is 6. The molecular weight excluding hydrogens is 439 g/mol. The summed E-state index contributed by atoms with van der Waals surface area (Å²) >= 11 is 0. The summed E-state index contributed by atoms with van der Waals surface area (Å²) in [6.45, 7) is 7.87. The molecule has 0 saturated carbocycles. The lowest BCUT2D eigenvalue weighted by Gasteiger charge is -2.41. The molecule has 0 radical (unpaired) electrons. The first-order valence-corrected chi connectivity index (χ1v) is 10.3. The summed E-state index contributed by atoms with van der Waals surface area (Å²) in [7, 11) is 0. The molecule has 10 heteroatoms. The Morgan fingerprint density at radius 2 is 1.45 bits per heavy atom. The van der Waals surface area contributed by atoms with E-state index in [1.54, 1.807) is 0 Å². The van der Waals surface area contributed by atoms with Crippen LogP contribution in [0, 0.1) is 5.92 Å². The van der Waals surface area contributed by atoms with Crippen molar-refractivity contribution in [3.8, 4) is 0 Å². The molecule has 0 aromatic heterocycles. The van der Waals surface area contributed by atoms with E-state index in [-0.39, 0.29) is 43.8 Å². The molecule has 0 aromatic rings. The Labute approximate surface area is 193 Å². The SMILES string of the molecule is Cl.Cl.Cl.O=C(O)CN1CCC(CCC(=O)N2CCN(C3CCNCC3)CC2)CC1. The number of carboxylic acids is 1. The number of carbonyl (C=O) groups excluding carboxylic acids is 1. The minimum atomic E-state index is -0.748. The van der Waals surface area contributed by atoms with Crippen molar-refractivity contribution in [2.45, 2.75) is 44.6 Å². The molecule has 0 atom stereocenters. The summed E-state index contributed by atoms with van der Waals surface area (Å²) in [6.07, 6.45) is 6.10. The average molecular weight is 476 g/mol. The Balaban J connectivity index is 0.00000261. The van der Waals surface area contributed by atoms with Crippen LogP contribution in [0.5, 0.6) is 0 Å². The Bertz CT molecular complexity index is 479. The van der Waals surface area contributed by atoms with Gasteiger partial charge in [-0.25, -0.2) is 0 Å². The van der Waals surface area contributed by atoms with Gasteiger partial charge in [-0.1, -0.05) is 0 Å². The number of nitrogens with one attached hydrogen (secondary N) is 1. The van der Waals surface area contributed by atoms with Crippen LogP contribution in [0.1, 0.15) is 38.5 Å². The molecule has 0 bridgehead atoms. The number of carboxylic acid groups (broad SMARTS) is 1. The average Bonchev–Trinajstić information content (AvgIpc) is 2.67. The zero-order valence-corrected chi connectivity index (χ0v) is 19.5. The maximum absolute atomic E-state index is 12.5. The van der Waals surface area contributed by atoms with Crippen molar-refractivity contribution in [2.75, 3.05) is 58.9 Å². The number of halogens is 3. The predicted octanol–water partition coefficient (Wildman–Crippen LogP) is 1.72. The zero-order chi connectivity index (χ0) is 18.4. The van der Waals surface area contributed by atoms with Gasteiger partial charge >= 0.3 is 5.97 Å². The highest BCUT2D eigenvalue weighted by Crippen LogP contribution is 2.22. The Hall–Kier alpha value is -0.310. The number of aliphatic carboxylic acids is 1. The van der Waals surface area contributed by atoms with Gasteiger partial charge in [-0.3, -0.25) is 19.4 Å². The van der Waals surface area contributed by atoms with E-state index in [0.29, 0.717) is 24.3 Å². The first-order chi connectivity index (χ1) is 12.6. The Morgan fingerprint density at radius 1 is 0.862 bits per heavy atom. The van der Waals surface area contributed by atoms with Crippen molar-refractivity contribution in [3.63, 3.8) is 0 Å². The van der Waals surface area contributed by atoms with Gasteiger partial charge in [0, 0.05) is 38.6 Å². The molecule has 3 aliphatic heterocycles. The Kier molecular flexibility index (Phi) is 14.5. The predicted molar refractivity (Wildman–Crippen MR) is 122 cm³/mol. The molecular formula is C19H37Cl3N4O3. The molecule has 3 saturated heterocycles. The van der Waals surface area contributed by atoms with E-state index in [9.17, 15) is 9.59 Å². The smallest absolute Gasteiger partial charge is 0.317 e. The van der Waals surface area contributed by atoms with Crippen LogP contribution < -0.4 is 5.32 Å².